The highest BCUT2D eigenvalue weighted by atomic mass is 19.1. The minimum absolute atomic E-state index is 0.0964. The Bertz CT molecular complexity index is 488. The van der Waals surface area contributed by atoms with Gasteiger partial charge in [-0.2, -0.15) is 4.39 Å². The van der Waals surface area contributed by atoms with E-state index in [0.717, 1.165) is 18.9 Å². The number of ether oxygens (including phenoxy) is 1. The van der Waals surface area contributed by atoms with Crippen LogP contribution in [0.15, 0.2) is 12.1 Å². The van der Waals surface area contributed by atoms with E-state index in [1.54, 1.807) is 0 Å². The molecule has 0 bridgehead atoms. The van der Waals surface area contributed by atoms with Crippen LogP contribution in [0.25, 0.3) is 0 Å². The average molecular weight is 272 g/mol. The van der Waals surface area contributed by atoms with Crippen molar-refractivity contribution in [1.82, 2.24) is 0 Å². The van der Waals surface area contributed by atoms with E-state index in [4.69, 9.17) is 10.5 Å². The van der Waals surface area contributed by atoms with Gasteiger partial charge in [0, 0.05) is 18.2 Å². The standard InChI is InChI=1S/C12H14F2N2O3/c13-7-5-10(14)12(16(17)18)11(6-7)19-9-3-1-8(15)2-4-9/h5-6,8-9H,1-4,15H2. The van der Waals surface area contributed by atoms with Crippen molar-refractivity contribution in [2.24, 2.45) is 5.73 Å². The molecular formula is C12H14F2N2O3. The molecule has 0 radical (unpaired) electrons. The quantitative estimate of drug-likeness (QED) is 0.677. The number of halogens is 2. The number of rotatable bonds is 3. The fraction of sp³-hybridized carbons (Fsp3) is 0.500. The molecule has 0 saturated heterocycles. The minimum Gasteiger partial charge on any atom is -0.483 e. The molecule has 2 rings (SSSR count). The van der Waals surface area contributed by atoms with E-state index in [-0.39, 0.29) is 17.9 Å². The molecule has 0 aliphatic heterocycles. The topological polar surface area (TPSA) is 78.4 Å². The number of hydrogen-bond acceptors (Lipinski definition) is 4. The lowest BCUT2D eigenvalue weighted by Gasteiger charge is -2.26. The average Bonchev–Trinajstić information content (AvgIpc) is 2.30. The van der Waals surface area contributed by atoms with E-state index in [1.807, 2.05) is 0 Å². The summed E-state index contributed by atoms with van der Waals surface area (Å²) in [6, 6.07) is 1.41. The maximum Gasteiger partial charge on any atom is 0.346 e. The van der Waals surface area contributed by atoms with Crippen LogP contribution in [0.3, 0.4) is 0 Å². The first kappa shape index (κ1) is 13.7. The summed E-state index contributed by atoms with van der Waals surface area (Å²) in [6.07, 6.45) is 2.42. The fourth-order valence-electron chi connectivity index (χ4n) is 2.20. The molecule has 1 saturated carbocycles. The normalized spacial score (nSPS) is 23.1. The Labute approximate surface area is 108 Å². The van der Waals surface area contributed by atoms with Gasteiger partial charge in [-0.25, -0.2) is 4.39 Å². The van der Waals surface area contributed by atoms with Crippen LogP contribution in [0.2, 0.25) is 0 Å². The molecule has 0 unspecified atom stereocenters. The molecule has 5 nitrogen and oxygen atoms in total. The summed E-state index contributed by atoms with van der Waals surface area (Å²) in [4.78, 5) is 9.89. The summed E-state index contributed by atoms with van der Waals surface area (Å²) in [5.74, 6) is -2.49. The molecule has 1 fully saturated rings. The molecular weight excluding hydrogens is 258 g/mol. The Balaban J connectivity index is 2.21. The highest BCUT2D eigenvalue weighted by Gasteiger charge is 2.27. The predicted octanol–water partition coefficient (Wildman–Crippen LogP) is 2.52. The molecule has 2 N–H and O–H groups in total. The van der Waals surface area contributed by atoms with Crippen molar-refractivity contribution in [3.05, 3.63) is 33.9 Å². The highest BCUT2D eigenvalue weighted by Crippen LogP contribution is 2.33. The first-order chi connectivity index (χ1) is 8.97. The van der Waals surface area contributed by atoms with Gasteiger partial charge in [0.05, 0.1) is 11.0 Å². The Hall–Kier alpha value is -1.76. The van der Waals surface area contributed by atoms with E-state index in [9.17, 15) is 18.9 Å². The predicted molar refractivity (Wildman–Crippen MR) is 63.9 cm³/mol. The summed E-state index contributed by atoms with van der Waals surface area (Å²) in [5, 5.41) is 10.8. The van der Waals surface area contributed by atoms with E-state index in [1.165, 1.54) is 0 Å². The smallest absolute Gasteiger partial charge is 0.346 e. The fourth-order valence-corrected chi connectivity index (χ4v) is 2.20. The van der Waals surface area contributed by atoms with Gasteiger partial charge in [-0.3, -0.25) is 10.1 Å². The van der Waals surface area contributed by atoms with Crippen molar-refractivity contribution in [3.8, 4) is 5.75 Å². The van der Waals surface area contributed by atoms with E-state index < -0.39 is 22.2 Å². The zero-order valence-electron chi connectivity index (χ0n) is 10.1. The number of nitro benzene ring substituents is 1. The molecule has 1 aliphatic carbocycles. The van der Waals surface area contributed by atoms with Crippen LogP contribution < -0.4 is 10.5 Å². The van der Waals surface area contributed by atoms with Crippen molar-refractivity contribution in [3.63, 3.8) is 0 Å². The molecule has 104 valence electrons. The van der Waals surface area contributed by atoms with Gasteiger partial charge in [0.15, 0.2) is 0 Å². The number of nitrogens with zero attached hydrogens (tertiary/aromatic N) is 1. The molecule has 0 amide bonds. The molecule has 19 heavy (non-hydrogen) atoms. The Morgan fingerprint density at radius 1 is 1.26 bits per heavy atom. The molecule has 0 heterocycles. The summed E-state index contributed by atoms with van der Waals surface area (Å²) < 4.78 is 31.9. The summed E-state index contributed by atoms with van der Waals surface area (Å²) in [6.45, 7) is 0. The van der Waals surface area contributed by atoms with Crippen LogP contribution in [0.1, 0.15) is 25.7 Å². The number of hydrogen-bond donors (Lipinski definition) is 1. The zero-order chi connectivity index (χ0) is 14.0. The lowest BCUT2D eigenvalue weighted by Crippen LogP contribution is -2.31. The number of nitrogens with two attached hydrogens (primary N) is 1. The van der Waals surface area contributed by atoms with Crippen LogP contribution in [-0.4, -0.2) is 17.1 Å². The number of nitro groups is 1. The van der Waals surface area contributed by atoms with Gasteiger partial charge < -0.3 is 10.5 Å². The minimum atomic E-state index is -1.23. The molecule has 1 aromatic rings. The van der Waals surface area contributed by atoms with Crippen LogP contribution in [-0.2, 0) is 0 Å². The molecule has 0 spiro atoms. The molecule has 1 aliphatic rings. The van der Waals surface area contributed by atoms with Gasteiger partial charge in [0.25, 0.3) is 0 Å². The van der Waals surface area contributed by atoms with E-state index in [2.05, 4.69) is 0 Å². The zero-order valence-corrected chi connectivity index (χ0v) is 10.1. The molecule has 7 heteroatoms. The van der Waals surface area contributed by atoms with Crippen LogP contribution in [0.4, 0.5) is 14.5 Å². The summed E-state index contributed by atoms with van der Waals surface area (Å²) in [7, 11) is 0. The van der Waals surface area contributed by atoms with Crippen molar-refractivity contribution in [2.75, 3.05) is 0 Å². The first-order valence-corrected chi connectivity index (χ1v) is 6.03. The SMILES string of the molecule is NC1CCC(Oc2cc(F)cc(F)c2[N+](=O)[O-])CC1. The monoisotopic (exact) mass is 272 g/mol. The lowest BCUT2D eigenvalue weighted by molar-refractivity contribution is -0.388. The van der Waals surface area contributed by atoms with Crippen molar-refractivity contribution >= 4 is 5.69 Å². The van der Waals surface area contributed by atoms with E-state index in [0.29, 0.717) is 18.9 Å². The summed E-state index contributed by atoms with van der Waals surface area (Å²) >= 11 is 0. The Kier molecular flexibility index (Phi) is 3.94. The third-order valence-electron chi connectivity index (χ3n) is 3.19. The summed E-state index contributed by atoms with van der Waals surface area (Å²) in [5.41, 5.74) is 4.91. The molecule has 1 aromatic carbocycles. The van der Waals surface area contributed by atoms with Crippen molar-refractivity contribution < 1.29 is 18.4 Å². The second-order valence-corrected chi connectivity index (χ2v) is 4.65. The van der Waals surface area contributed by atoms with Gasteiger partial charge in [-0.05, 0) is 25.7 Å². The van der Waals surface area contributed by atoms with Crippen LogP contribution in [0, 0.1) is 21.7 Å². The number of benzene rings is 1. The highest BCUT2D eigenvalue weighted by molar-refractivity contribution is 5.47. The first-order valence-electron chi connectivity index (χ1n) is 6.03. The van der Waals surface area contributed by atoms with Crippen LogP contribution >= 0.6 is 0 Å². The van der Waals surface area contributed by atoms with Gasteiger partial charge >= 0.3 is 5.69 Å². The van der Waals surface area contributed by atoms with E-state index >= 15 is 0 Å². The second kappa shape index (κ2) is 5.48. The third-order valence-corrected chi connectivity index (χ3v) is 3.19. The maximum absolute atomic E-state index is 13.4. The van der Waals surface area contributed by atoms with Crippen molar-refractivity contribution in [1.29, 1.82) is 0 Å². The maximum atomic E-state index is 13.4. The van der Waals surface area contributed by atoms with Crippen molar-refractivity contribution in [2.45, 2.75) is 37.8 Å². The van der Waals surface area contributed by atoms with Gasteiger partial charge in [0.2, 0.25) is 11.6 Å². The molecule has 0 aromatic heterocycles. The largest absolute Gasteiger partial charge is 0.483 e. The third kappa shape index (κ3) is 3.17. The Morgan fingerprint density at radius 2 is 1.89 bits per heavy atom. The van der Waals surface area contributed by atoms with Crippen LogP contribution in [0.5, 0.6) is 5.75 Å². The molecule has 0 atom stereocenters. The lowest BCUT2D eigenvalue weighted by atomic mass is 9.94. The van der Waals surface area contributed by atoms with Gasteiger partial charge in [0.1, 0.15) is 5.82 Å². The Morgan fingerprint density at radius 3 is 2.47 bits per heavy atom. The van der Waals surface area contributed by atoms with Gasteiger partial charge in [-0.15, -0.1) is 0 Å². The van der Waals surface area contributed by atoms with Gasteiger partial charge in [-0.1, -0.05) is 0 Å². The second-order valence-electron chi connectivity index (χ2n) is 4.65.